The third kappa shape index (κ3) is 4.08. The lowest BCUT2D eigenvalue weighted by Crippen LogP contribution is -2.47. The highest BCUT2D eigenvalue weighted by molar-refractivity contribution is 6.11. The van der Waals surface area contributed by atoms with E-state index in [2.05, 4.69) is 15.6 Å². The molecule has 2 amide bonds. The van der Waals surface area contributed by atoms with Crippen molar-refractivity contribution in [3.8, 4) is 5.75 Å². The average Bonchev–Trinajstić information content (AvgIpc) is 2.62. The molecule has 1 aliphatic rings. The van der Waals surface area contributed by atoms with Gasteiger partial charge in [0, 0.05) is 5.56 Å². The molecule has 0 aliphatic carbocycles. The molecule has 0 aromatic heterocycles. The Morgan fingerprint density at radius 2 is 1.96 bits per heavy atom. The van der Waals surface area contributed by atoms with Gasteiger partial charge in [-0.1, -0.05) is 30.3 Å². The average molecular weight is 351 g/mol. The molecule has 0 saturated heterocycles. The number of benzene rings is 2. The normalized spacial score (nSPS) is 16.5. The third-order valence-corrected chi connectivity index (χ3v) is 4.12. The van der Waals surface area contributed by atoms with E-state index in [0.29, 0.717) is 12.2 Å². The van der Waals surface area contributed by atoms with E-state index in [-0.39, 0.29) is 30.2 Å². The van der Waals surface area contributed by atoms with Crippen molar-refractivity contribution in [3.05, 3.63) is 65.2 Å². The van der Waals surface area contributed by atoms with Crippen LogP contribution in [0.4, 0.5) is 0 Å². The van der Waals surface area contributed by atoms with Gasteiger partial charge in [-0.05, 0) is 43.2 Å². The Labute approximate surface area is 152 Å². The van der Waals surface area contributed by atoms with Gasteiger partial charge in [0.05, 0.1) is 19.1 Å². The van der Waals surface area contributed by atoms with E-state index < -0.39 is 0 Å². The molecule has 2 aromatic carbocycles. The summed E-state index contributed by atoms with van der Waals surface area (Å²) in [7, 11) is 0. The smallest absolute Gasteiger partial charge is 0.258 e. The number of nitrogens with one attached hydrogen (secondary N) is 2. The van der Waals surface area contributed by atoms with Crippen molar-refractivity contribution >= 4 is 17.8 Å². The molecule has 2 N–H and O–H groups in total. The number of ether oxygens (including phenoxy) is 1. The summed E-state index contributed by atoms with van der Waals surface area (Å²) in [5.41, 5.74) is 2.30. The Bertz CT molecular complexity index is 844. The zero-order valence-electron chi connectivity index (χ0n) is 14.8. The van der Waals surface area contributed by atoms with E-state index >= 15 is 0 Å². The molecule has 0 radical (unpaired) electrons. The van der Waals surface area contributed by atoms with Crippen LogP contribution in [0, 0.1) is 6.92 Å². The van der Waals surface area contributed by atoms with Crippen LogP contribution in [0.1, 0.15) is 40.9 Å². The summed E-state index contributed by atoms with van der Waals surface area (Å²) in [5.74, 6) is 0.468. The molecule has 1 unspecified atom stereocenters. The zero-order valence-corrected chi connectivity index (χ0v) is 14.8. The molecule has 6 nitrogen and oxygen atoms in total. The molecule has 0 fully saturated rings. The van der Waals surface area contributed by atoms with Crippen LogP contribution in [-0.2, 0) is 4.79 Å². The molecular weight excluding hydrogens is 330 g/mol. The Kier molecular flexibility index (Phi) is 5.31. The Morgan fingerprint density at radius 3 is 2.65 bits per heavy atom. The number of aryl methyl sites for hydroxylation is 1. The van der Waals surface area contributed by atoms with Gasteiger partial charge in [0.15, 0.2) is 0 Å². The number of aliphatic imine (C=N–C) groups is 1. The van der Waals surface area contributed by atoms with Crippen molar-refractivity contribution < 1.29 is 14.3 Å². The summed E-state index contributed by atoms with van der Waals surface area (Å²) in [5, 5.41) is 5.31. The quantitative estimate of drug-likeness (QED) is 0.889. The van der Waals surface area contributed by atoms with Gasteiger partial charge in [0.1, 0.15) is 5.75 Å². The predicted molar refractivity (Wildman–Crippen MR) is 99.2 cm³/mol. The standard InChI is InChI=1S/C20H21N3O3/c1-3-26-15-10-8-14(9-11-15)17-12-18(24)22-20(21-17)23-19(25)16-7-5-4-6-13(16)2/h4-11,17H,3,12H2,1-2H3,(H2,21,22,23,24,25). The number of amides is 2. The number of carbonyl (C=O) groups is 2. The van der Waals surface area contributed by atoms with Crippen molar-refractivity contribution in [2.24, 2.45) is 4.99 Å². The number of nitrogens with zero attached hydrogens (tertiary/aromatic N) is 1. The van der Waals surface area contributed by atoms with E-state index in [4.69, 9.17) is 4.74 Å². The second kappa shape index (κ2) is 7.82. The van der Waals surface area contributed by atoms with Crippen LogP contribution in [0.25, 0.3) is 0 Å². The highest BCUT2D eigenvalue weighted by atomic mass is 16.5. The number of rotatable bonds is 4. The minimum absolute atomic E-state index is 0.174. The minimum atomic E-state index is -0.341. The van der Waals surface area contributed by atoms with Crippen molar-refractivity contribution in [2.45, 2.75) is 26.3 Å². The zero-order chi connectivity index (χ0) is 18.5. The molecule has 0 spiro atoms. The topological polar surface area (TPSA) is 79.8 Å². The lowest BCUT2D eigenvalue weighted by Gasteiger charge is -2.21. The Morgan fingerprint density at radius 1 is 1.23 bits per heavy atom. The molecule has 1 atom stereocenters. The van der Waals surface area contributed by atoms with Gasteiger partial charge in [-0.15, -0.1) is 0 Å². The van der Waals surface area contributed by atoms with Gasteiger partial charge < -0.3 is 4.74 Å². The van der Waals surface area contributed by atoms with E-state index in [9.17, 15) is 9.59 Å². The van der Waals surface area contributed by atoms with Crippen LogP contribution < -0.4 is 15.4 Å². The minimum Gasteiger partial charge on any atom is -0.494 e. The summed E-state index contributed by atoms with van der Waals surface area (Å²) in [6, 6.07) is 14.4. The third-order valence-electron chi connectivity index (χ3n) is 4.12. The maximum atomic E-state index is 12.4. The van der Waals surface area contributed by atoms with E-state index in [1.165, 1.54) is 0 Å². The van der Waals surface area contributed by atoms with Crippen LogP contribution in [-0.4, -0.2) is 24.4 Å². The lowest BCUT2D eigenvalue weighted by atomic mass is 10.0. The highest BCUT2D eigenvalue weighted by Gasteiger charge is 2.24. The summed E-state index contributed by atoms with van der Waals surface area (Å²) in [6.45, 7) is 4.38. The number of hydrogen-bond donors (Lipinski definition) is 2. The SMILES string of the molecule is CCOc1ccc(C2CC(=O)NC(NC(=O)c3ccccc3C)=N2)cc1. The first-order chi connectivity index (χ1) is 12.6. The van der Waals surface area contributed by atoms with Crippen LogP contribution in [0.2, 0.25) is 0 Å². The van der Waals surface area contributed by atoms with Crippen LogP contribution >= 0.6 is 0 Å². The number of guanidine groups is 1. The summed E-state index contributed by atoms with van der Waals surface area (Å²) >= 11 is 0. The molecule has 6 heteroatoms. The van der Waals surface area contributed by atoms with Crippen LogP contribution in [0.3, 0.4) is 0 Å². The van der Waals surface area contributed by atoms with Gasteiger partial charge in [0.2, 0.25) is 11.9 Å². The van der Waals surface area contributed by atoms with Crippen LogP contribution in [0.15, 0.2) is 53.5 Å². The van der Waals surface area contributed by atoms with E-state index in [0.717, 1.165) is 16.9 Å². The summed E-state index contributed by atoms with van der Waals surface area (Å²) < 4.78 is 5.43. The van der Waals surface area contributed by atoms with Crippen molar-refractivity contribution in [1.29, 1.82) is 0 Å². The maximum Gasteiger partial charge on any atom is 0.258 e. The fraction of sp³-hybridized carbons (Fsp3) is 0.250. The lowest BCUT2D eigenvalue weighted by molar-refractivity contribution is -0.120. The van der Waals surface area contributed by atoms with Gasteiger partial charge in [-0.2, -0.15) is 0 Å². The molecule has 1 aliphatic heterocycles. The van der Waals surface area contributed by atoms with Crippen LogP contribution in [0.5, 0.6) is 5.75 Å². The first-order valence-corrected chi connectivity index (χ1v) is 8.54. The second-order valence-corrected chi connectivity index (χ2v) is 6.02. The largest absolute Gasteiger partial charge is 0.494 e. The monoisotopic (exact) mass is 351 g/mol. The molecule has 2 aromatic rings. The molecular formula is C20H21N3O3. The Hall–Kier alpha value is -3.15. The van der Waals surface area contributed by atoms with Gasteiger partial charge in [-0.3, -0.25) is 20.2 Å². The first kappa shape index (κ1) is 17.7. The summed E-state index contributed by atoms with van der Waals surface area (Å²) in [6.07, 6.45) is 0.234. The number of hydrogen-bond acceptors (Lipinski definition) is 4. The van der Waals surface area contributed by atoms with Gasteiger partial charge >= 0.3 is 0 Å². The van der Waals surface area contributed by atoms with Gasteiger partial charge in [0.25, 0.3) is 5.91 Å². The fourth-order valence-electron chi connectivity index (χ4n) is 2.80. The number of carbonyl (C=O) groups excluding carboxylic acids is 2. The molecule has 1 heterocycles. The van der Waals surface area contributed by atoms with Crippen molar-refractivity contribution in [3.63, 3.8) is 0 Å². The molecule has 0 bridgehead atoms. The van der Waals surface area contributed by atoms with Crippen molar-refractivity contribution in [1.82, 2.24) is 10.6 Å². The fourth-order valence-corrected chi connectivity index (χ4v) is 2.80. The molecule has 26 heavy (non-hydrogen) atoms. The van der Waals surface area contributed by atoms with Gasteiger partial charge in [-0.25, -0.2) is 4.99 Å². The maximum absolute atomic E-state index is 12.4. The molecule has 3 rings (SSSR count). The second-order valence-electron chi connectivity index (χ2n) is 6.02. The predicted octanol–water partition coefficient (Wildman–Crippen LogP) is 2.74. The molecule has 134 valence electrons. The van der Waals surface area contributed by atoms with E-state index in [1.807, 2.05) is 50.2 Å². The Balaban J connectivity index is 1.78. The molecule has 0 saturated carbocycles. The van der Waals surface area contributed by atoms with E-state index in [1.54, 1.807) is 12.1 Å². The summed E-state index contributed by atoms with van der Waals surface area (Å²) in [4.78, 5) is 29.0. The van der Waals surface area contributed by atoms with Crippen molar-refractivity contribution in [2.75, 3.05) is 6.61 Å². The first-order valence-electron chi connectivity index (χ1n) is 8.54. The highest BCUT2D eigenvalue weighted by Crippen LogP contribution is 2.25.